The van der Waals surface area contributed by atoms with Gasteiger partial charge in [-0.3, -0.25) is 4.90 Å². The van der Waals surface area contributed by atoms with Crippen molar-refractivity contribution in [3.63, 3.8) is 0 Å². The van der Waals surface area contributed by atoms with Gasteiger partial charge in [0.2, 0.25) is 0 Å². The van der Waals surface area contributed by atoms with Crippen LogP contribution < -0.4 is 0 Å². The van der Waals surface area contributed by atoms with Crippen molar-refractivity contribution in [2.45, 2.75) is 19.4 Å². The van der Waals surface area contributed by atoms with E-state index in [1.54, 1.807) is 0 Å². The van der Waals surface area contributed by atoms with Crippen LogP contribution in [0.25, 0.3) is 0 Å². The molecule has 0 radical (unpaired) electrons. The summed E-state index contributed by atoms with van der Waals surface area (Å²) >= 11 is 0. The largest absolute Gasteiger partial charge is 0.387 e. The molecule has 0 spiro atoms. The first-order valence-electron chi connectivity index (χ1n) is 5.80. The van der Waals surface area contributed by atoms with Crippen molar-refractivity contribution in [3.05, 3.63) is 35.4 Å². The molecule has 0 aliphatic carbocycles. The minimum absolute atomic E-state index is 0.0757. The summed E-state index contributed by atoms with van der Waals surface area (Å²) < 4.78 is 26.2. The van der Waals surface area contributed by atoms with Crippen LogP contribution in [0, 0.1) is 23.0 Å². The van der Waals surface area contributed by atoms with Gasteiger partial charge in [0.1, 0.15) is 11.6 Å². The molecule has 1 N–H and O–H groups in total. The molecule has 0 aliphatic rings. The van der Waals surface area contributed by atoms with Gasteiger partial charge in [0.05, 0.1) is 12.2 Å². The van der Waals surface area contributed by atoms with Crippen LogP contribution >= 0.6 is 0 Å². The van der Waals surface area contributed by atoms with Crippen LogP contribution in [0.3, 0.4) is 0 Å². The molecular weight excluding hydrogens is 238 g/mol. The molecule has 3 nitrogen and oxygen atoms in total. The van der Waals surface area contributed by atoms with Crippen molar-refractivity contribution >= 4 is 0 Å². The molecule has 1 rings (SSSR count). The van der Waals surface area contributed by atoms with Gasteiger partial charge in [-0.15, -0.1) is 0 Å². The van der Waals surface area contributed by atoms with Crippen LogP contribution in [0.1, 0.15) is 25.0 Å². The van der Waals surface area contributed by atoms with Gasteiger partial charge in [0.25, 0.3) is 0 Å². The second-order valence-electron chi connectivity index (χ2n) is 3.98. The Morgan fingerprint density at radius 1 is 1.44 bits per heavy atom. The summed E-state index contributed by atoms with van der Waals surface area (Å²) in [6, 6.07) is 5.13. The first-order chi connectivity index (χ1) is 8.58. The third-order valence-corrected chi connectivity index (χ3v) is 2.74. The Morgan fingerprint density at radius 3 is 2.72 bits per heavy atom. The standard InChI is InChI=1S/C13H16F2N2O/c1-2-17(7-3-6-16)9-13(18)11-5-4-10(14)8-12(11)15/h4-5,8,13,18H,2-3,7,9H2,1H3. The van der Waals surface area contributed by atoms with Crippen LogP contribution in [0.15, 0.2) is 18.2 Å². The van der Waals surface area contributed by atoms with Crippen LogP contribution in [0.2, 0.25) is 0 Å². The van der Waals surface area contributed by atoms with E-state index in [-0.39, 0.29) is 12.1 Å². The lowest BCUT2D eigenvalue weighted by atomic mass is 10.1. The molecule has 0 amide bonds. The number of hydrogen-bond donors (Lipinski definition) is 1. The molecule has 0 heterocycles. The highest BCUT2D eigenvalue weighted by Gasteiger charge is 2.16. The second kappa shape index (κ2) is 7.04. The SMILES string of the molecule is CCN(CCC#N)CC(O)c1ccc(F)cc1F. The number of aliphatic hydroxyl groups excluding tert-OH is 1. The van der Waals surface area contributed by atoms with Crippen molar-refractivity contribution in [3.8, 4) is 6.07 Å². The maximum Gasteiger partial charge on any atom is 0.131 e. The van der Waals surface area contributed by atoms with E-state index in [1.165, 1.54) is 6.07 Å². The number of rotatable bonds is 6. The molecule has 0 bridgehead atoms. The minimum atomic E-state index is -1.02. The van der Waals surface area contributed by atoms with Gasteiger partial charge in [-0.05, 0) is 12.6 Å². The average Bonchev–Trinajstić information content (AvgIpc) is 2.34. The molecule has 98 valence electrons. The minimum Gasteiger partial charge on any atom is -0.387 e. The molecule has 0 aliphatic heterocycles. The van der Waals surface area contributed by atoms with Crippen molar-refractivity contribution in [2.24, 2.45) is 0 Å². The molecule has 0 fully saturated rings. The van der Waals surface area contributed by atoms with Crippen molar-refractivity contribution < 1.29 is 13.9 Å². The average molecular weight is 254 g/mol. The summed E-state index contributed by atoms with van der Waals surface area (Å²) in [5.41, 5.74) is 0.0757. The predicted octanol–water partition coefficient (Wildman–Crippen LogP) is 2.23. The Balaban J connectivity index is 2.68. The lowest BCUT2D eigenvalue weighted by molar-refractivity contribution is 0.114. The Hall–Kier alpha value is -1.51. The molecular formula is C13H16F2N2O. The highest BCUT2D eigenvalue weighted by Crippen LogP contribution is 2.19. The summed E-state index contributed by atoms with van der Waals surface area (Å²) in [4.78, 5) is 1.84. The predicted molar refractivity (Wildman–Crippen MR) is 63.7 cm³/mol. The number of nitrogens with zero attached hydrogens (tertiary/aromatic N) is 2. The van der Waals surface area contributed by atoms with Crippen LogP contribution in [-0.4, -0.2) is 29.6 Å². The van der Waals surface area contributed by atoms with Gasteiger partial charge >= 0.3 is 0 Å². The summed E-state index contributed by atoms with van der Waals surface area (Å²) in [6.45, 7) is 3.29. The Morgan fingerprint density at radius 2 is 2.17 bits per heavy atom. The number of likely N-dealkylation sites (N-methyl/N-ethyl adjacent to an activating group) is 1. The smallest absolute Gasteiger partial charge is 0.131 e. The lowest BCUT2D eigenvalue weighted by Crippen LogP contribution is -2.29. The maximum atomic E-state index is 13.4. The maximum absolute atomic E-state index is 13.4. The molecule has 5 heteroatoms. The molecule has 0 saturated carbocycles. The fourth-order valence-corrected chi connectivity index (χ4v) is 1.70. The molecule has 1 aromatic rings. The third kappa shape index (κ3) is 4.06. The highest BCUT2D eigenvalue weighted by atomic mass is 19.1. The lowest BCUT2D eigenvalue weighted by Gasteiger charge is -2.22. The van der Waals surface area contributed by atoms with Crippen LogP contribution in [0.4, 0.5) is 8.78 Å². The molecule has 0 aromatic heterocycles. The van der Waals surface area contributed by atoms with Crippen molar-refractivity contribution in [2.75, 3.05) is 19.6 Å². The molecule has 1 atom stereocenters. The molecule has 1 unspecified atom stereocenters. The van der Waals surface area contributed by atoms with Crippen molar-refractivity contribution in [1.82, 2.24) is 4.90 Å². The fraction of sp³-hybridized carbons (Fsp3) is 0.462. The monoisotopic (exact) mass is 254 g/mol. The zero-order valence-corrected chi connectivity index (χ0v) is 10.2. The van der Waals surface area contributed by atoms with Gasteiger partial charge in [0.15, 0.2) is 0 Å². The third-order valence-electron chi connectivity index (χ3n) is 2.74. The van der Waals surface area contributed by atoms with Crippen LogP contribution in [0.5, 0.6) is 0 Å². The topological polar surface area (TPSA) is 47.3 Å². The Bertz CT molecular complexity index is 431. The quantitative estimate of drug-likeness (QED) is 0.846. The van der Waals surface area contributed by atoms with Gasteiger partial charge in [-0.25, -0.2) is 8.78 Å². The zero-order valence-electron chi connectivity index (χ0n) is 10.2. The van der Waals surface area contributed by atoms with E-state index in [2.05, 4.69) is 0 Å². The van der Waals surface area contributed by atoms with E-state index >= 15 is 0 Å². The Kier molecular flexibility index (Phi) is 5.69. The van der Waals surface area contributed by atoms with E-state index in [4.69, 9.17) is 5.26 Å². The number of halogens is 2. The molecule has 1 aromatic carbocycles. The van der Waals surface area contributed by atoms with Crippen molar-refractivity contribution in [1.29, 1.82) is 5.26 Å². The first kappa shape index (κ1) is 14.6. The van der Waals surface area contributed by atoms with E-state index < -0.39 is 17.7 Å². The summed E-state index contributed by atoms with van der Waals surface area (Å²) in [5, 5.41) is 18.4. The normalized spacial score (nSPS) is 12.4. The summed E-state index contributed by atoms with van der Waals surface area (Å²) in [6.07, 6.45) is -0.670. The molecule has 0 saturated heterocycles. The summed E-state index contributed by atoms with van der Waals surface area (Å²) in [7, 11) is 0. The van der Waals surface area contributed by atoms with E-state index in [1.807, 2.05) is 17.9 Å². The van der Waals surface area contributed by atoms with Gasteiger partial charge < -0.3 is 5.11 Å². The number of benzene rings is 1. The van der Waals surface area contributed by atoms with Crippen LogP contribution in [-0.2, 0) is 0 Å². The number of aliphatic hydroxyl groups is 1. The number of hydrogen-bond acceptors (Lipinski definition) is 3. The van der Waals surface area contributed by atoms with Gasteiger partial charge in [-0.1, -0.05) is 13.0 Å². The van der Waals surface area contributed by atoms with E-state index in [9.17, 15) is 13.9 Å². The van der Waals surface area contributed by atoms with Gasteiger partial charge in [0, 0.05) is 31.1 Å². The molecule has 18 heavy (non-hydrogen) atoms. The Labute approximate surface area is 105 Å². The first-order valence-corrected chi connectivity index (χ1v) is 5.80. The highest BCUT2D eigenvalue weighted by molar-refractivity contribution is 5.21. The van der Waals surface area contributed by atoms with E-state index in [0.29, 0.717) is 19.5 Å². The van der Waals surface area contributed by atoms with E-state index in [0.717, 1.165) is 12.1 Å². The fourth-order valence-electron chi connectivity index (χ4n) is 1.70. The van der Waals surface area contributed by atoms with Gasteiger partial charge in [-0.2, -0.15) is 5.26 Å². The second-order valence-corrected chi connectivity index (χ2v) is 3.98. The zero-order chi connectivity index (χ0) is 13.5. The number of nitriles is 1. The summed E-state index contributed by atoms with van der Waals surface area (Å²) in [5.74, 6) is -1.42.